The molecule has 2 aromatic carbocycles. The van der Waals surface area contributed by atoms with E-state index in [1.54, 1.807) is 7.11 Å². The van der Waals surface area contributed by atoms with Crippen molar-refractivity contribution in [2.45, 2.75) is 19.9 Å². The van der Waals surface area contributed by atoms with E-state index in [0.29, 0.717) is 12.6 Å². The van der Waals surface area contributed by atoms with Crippen LogP contribution in [-0.2, 0) is 0 Å². The Labute approximate surface area is 126 Å². The van der Waals surface area contributed by atoms with Crippen molar-refractivity contribution in [3.8, 4) is 11.5 Å². The molecule has 0 spiro atoms. The summed E-state index contributed by atoms with van der Waals surface area (Å²) in [5, 5.41) is 3.46. The van der Waals surface area contributed by atoms with Crippen LogP contribution in [-0.4, -0.2) is 20.3 Å². The molecule has 21 heavy (non-hydrogen) atoms. The van der Waals surface area contributed by atoms with Crippen LogP contribution < -0.4 is 14.8 Å². The van der Waals surface area contributed by atoms with E-state index in [2.05, 4.69) is 43.4 Å². The largest absolute Gasteiger partial charge is 0.493 e. The zero-order valence-corrected chi connectivity index (χ0v) is 12.9. The number of aryl methyl sites for hydroxylation is 1. The molecule has 1 atom stereocenters. The summed E-state index contributed by atoms with van der Waals surface area (Å²) in [6, 6.07) is 16.6. The lowest BCUT2D eigenvalue weighted by molar-refractivity contribution is 0.288. The first-order chi connectivity index (χ1) is 10.2. The molecule has 0 aromatic heterocycles. The summed E-state index contributed by atoms with van der Waals surface area (Å²) in [7, 11) is 1.65. The minimum Gasteiger partial charge on any atom is -0.493 e. The zero-order valence-electron chi connectivity index (χ0n) is 12.9. The van der Waals surface area contributed by atoms with Gasteiger partial charge in [0.15, 0.2) is 11.5 Å². The van der Waals surface area contributed by atoms with E-state index in [-0.39, 0.29) is 0 Å². The second kappa shape index (κ2) is 7.70. The third-order valence-electron chi connectivity index (χ3n) is 3.46. The minimum absolute atomic E-state index is 0.312. The SMILES string of the molecule is COc1ccccc1OCCN[C@H](C)c1ccc(C)cc1. The highest BCUT2D eigenvalue weighted by molar-refractivity contribution is 5.39. The molecule has 0 aliphatic carbocycles. The van der Waals surface area contributed by atoms with Gasteiger partial charge in [0.05, 0.1) is 7.11 Å². The number of nitrogens with one attached hydrogen (secondary N) is 1. The Morgan fingerprint density at radius 3 is 2.33 bits per heavy atom. The van der Waals surface area contributed by atoms with Gasteiger partial charge in [-0.1, -0.05) is 42.0 Å². The number of benzene rings is 2. The normalized spacial score (nSPS) is 12.0. The molecule has 0 fully saturated rings. The highest BCUT2D eigenvalue weighted by Gasteiger charge is 2.05. The van der Waals surface area contributed by atoms with Crippen LogP contribution in [0.1, 0.15) is 24.1 Å². The molecule has 3 heteroatoms. The molecule has 0 aliphatic heterocycles. The van der Waals surface area contributed by atoms with Crippen LogP contribution >= 0.6 is 0 Å². The predicted octanol–water partition coefficient (Wildman–Crippen LogP) is 3.73. The number of methoxy groups -OCH3 is 1. The third-order valence-corrected chi connectivity index (χ3v) is 3.46. The van der Waals surface area contributed by atoms with Gasteiger partial charge in [0.2, 0.25) is 0 Å². The molecule has 0 saturated carbocycles. The highest BCUT2D eigenvalue weighted by Crippen LogP contribution is 2.25. The molecule has 3 nitrogen and oxygen atoms in total. The van der Waals surface area contributed by atoms with E-state index in [4.69, 9.17) is 9.47 Å². The predicted molar refractivity (Wildman–Crippen MR) is 86.1 cm³/mol. The Hall–Kier alpha value is -2.00. The standard InChI is InChI=1S/C18H23NO2/c1-14-8-10-16(11-9-14)15(2)19-12-13-21-18-7-5-4-6-17(18)20-3/h4-11,15,19H,12-13H2,1-3H3/t15-/m1/s1. The monoisotopic (exact) mass is 285 g/mol. The fraction of sp³-hybridized carbons (Fsp3) is 0.333. The van der Waals surface area contributed by atoms with Gasteiger partial charge < -0.3 is 14.8 Å². The molecule has 0 heterocycles. The lowest BCUT2D eigenvalue weighted by Crippen LogP contribution is -2.24. The molecule has 1 N–H and O–H groups in total. The third kappa shape index (κ3) is 4.50. The average molecular weight is 285 g/mol. The van der Waals surface area contributed by atoms with Crippen LogP contribution in [0.5, 0.6) is 11.5 Å². The van der Waals surface area contributed by atoms with E-state index in [1.807, 2.05) is 24.3 Å². The number of hydrogen-bond donors (Lipinski definition) is 1. The van der Waals surface area contributed by atoms with Crippen molar-refractivity contribution in [1.82, 2.24) is 5.32 Å². The molecule has 0 radical (unpaired) electrons. The summed E-state index contributed by atoms with van der Waals surface area (Å²) in [5.41, 5.74) is 2.57. The van der Waals surface area contributed by atoms with E-state index in [1.165, 1.54) is 11.1 Å². The molecule has 0 amide bonds. The molecular weight excluding hydrogens is 262 g/mol. The quantitative estimate of drug-likeness (QED) is 0.786. The van der Waals surface area contributed by atoms with E-state index >= 15 is 0 Å². The summed E-state index contributed by atoms with van der Waals surface area (Å²) >= 11 is 0. The Bertz CT molecular complexity index is 551. The van der Waals surface area contributed by atoms with Crippen molar-refractivity contribution in [3.05, 3.63) is 59.7 Å². The second-order valence-corrected chi connectivity index (χ2v) is 5.09. The fourth-order valence-corrected chi connectivity index (χ4v) is 2.15. The molecule has 0 saturated heterocycles. The van der Waals surface area contributed by atoms with Gasteiger partial charge >= 0.3 is 0 Å². The van der Waals surface area contributed by atoms with E-state index < -0.39 is 0 Å². The Morgan fingerprint density at radius 1 is 1.00 bits per heavy atom. The Balaban J connectivity index is 1.78. The van der Waals surface area contributed by atoms with Crippen LogP contribution in [0.2, 0.25) is 0 Å². The van der Waals surface area contributed by atoms with Crippen molar-refractivity contribution in [1.29, 1.82) is 0 Å². The first kappa shape index (κ1) is 15.4. The van der Waals surface area contributed by atoms with E-state index in [0.717, 1.165) is 18.0 Å². The zero-order chi connectivity index (χ0) is 15.1. The van der Waals surface area contributed by atoms with Gasteiger partial charge in [0.1, 0.15) is 6.61 Å². The number of para-hydroxylation sites is 2. The first-order valence-corrected chi connectivity index (χ1v) is 7.26. The summed E-state index contributed by atoms with van der Waals surface area (Å²) < 4.78 is 11.0. The van der Waals surface area contributed by atoms with Crippen molar-refractivity contribution in [3.63, 3.8) is 0 Å². The van der Waals surface area contributed by atoms with Crippen LogP contribution in [0.4, 0.5) is 0 Å². The Kier molecular flexibility index (Phi) is 5.64. The number of ether oxygens (including phenoxy) is 2. The average Bonchev–Trinajstić information content (AvgIpc) is 2.52. The number of rotatable bonds is 7. The van der Waals surface area contributed by atoms with Crippen molar-refractivity contribution >= 4 is 0 Å². The molecular formula is C18H23NO2. The van der Waals surface area contributed by atoms with Crippen molar-refractivity contribution in [2.24, 2.45) is 0 Å². The number of hydrogen-bond acceptors (Lipinski definition) is 3. The summed E-state index contributed by atoms with van der Waals surface area (Å²) in [5.74, 6) is 1.55. The molecule has 2 rings (SSSR count). The minimum atomic E-state index is 0.312. The maximum Gasteiger partial charge on any atom is 0.161 e. The van der Waals surface area contributed by atoms with Gasteiger partial charge in [-0.05, 0) is 31.5 Å². The summed E-state index contributed by atoms with van der Waals surface area (Å²) in [6.07, 6.45) is 0. The lowest BCUT2D eigenvalue weighted by Gasteiger charge is -2.15. The van der Waals surface area contributed by atoms with Crippen LogP contribution in [0, 0.1) is 6.92 Å². The van der Waals surface area contributed by atoms with Gasteiger partial charge in [0.25, 0.3) is 0 Å². The fourth-order valence-electron chi connectivity index (χ4n) is 2.15. The van der Waals surface area contributed by atoms with Gasteiger partial charge in [0, 0.05) is 12.6 Å². The lowest BCUT2D eigenvalue weighted by atomic mass is 10.1. The Morgan fingerprint density at radius 2 is 1.67 bits per heavy atom. The highest BCUT2D eigenvalue weighted by atomic mass is 16.5. The van der Waals surface area contributed by atoms with Gasteiger partial charge in [-0.15, -0.1) is 0 Å². The van der Waals surface area contributed by atoms with Crippen LogP contribution in [0.25, 0.3) is 0 Å². The second-order valence-electron chi connectivity index (χ2n) is 5.09. The molecule has 0 bridgehead atoms. The van der Waals surface area contributed by atoms with Gasteiger partial charge in [-0.25, -0.2) is 0 Å². The van der Waals surface area contributed by atoms with Gasteiger partial charge in [-0.2, -0.15) is 0 Å². The molecule has 0 unspecified atom stereocenters. The summed E-state index contributed by atoms with van der Waals surface area (Å²) in [4.78, 5) is 0. The first-order valence-electron chi connectivity index (χ1n) is 7.26. The van der Waals surface area contributed by atoms with E-state index in [9.17, 15) is 0 Å². The molecule has 2 aromatic rings. The summed E-state index contributed by atoms with van der Waals surface area (Å²) in [6.45, 7) is 5.65. The van der Waals surface area contributed by atoms with Gasteiger partial charge in [-0.3, -0.25) is 0 Å². The van der Waals surface area contributed by atoms with Crippen molar-refractivity contribution < 1.29 is 9.47 Å². The molecule has 0 aliphatic rings. The maximum absolute atomic E-state index is 5.75. The molecule has 112 valence electrons. The smallest absolute Gasteiger partial charge is 0.161 e. The topological polar surface area (TPSA) is 30.5 Å². The van der Waals surface area contributed by atoms with Crippen LogP contribution in [0.3, 0.4) is 0 Å². The van der Waals surface area contributed by atoms with Crippen LogP contribution in [0.15, 0.2) is 48.5 Å². The van der Waals surface area contributed by atoms with Crippen molar-refractivity contribution in [2.75, 3.05) is 20.3 Å². The maximum atomic E-state index is 5.75.